The highest BCUT2D eigenvalue weighted by atomic mass is 32.2. The summed E-state index contributed by atoms with van der Waals surface area (Å²) < 4.78 is 29.2. The first-order valence-corrected chi connectivity index (χ1v) is 44.7. The predicted octanol–water partition coefficient (Wildman–Crippen LogP) is 2.20. The number of carboxylic acid groups (broad SMARTS) is 2. The second-order valence-electron chi connectivity index (χ2n) is 33.9. The van der Waals surface area contributed by atoms with Gasteiger partial charge in [-0.1, -0.05) is 132 Å². The molecule has 1 aromatic heterocycles. The zero-order valence-corrected chi connectivity index (χ0v) is 75.1. The SMILES string of the molecule is CCCC[C@H]1C(=O)N2CCC[C@@H]2C(=O)N[C@@H](CC(=O)O)C(=O)N[C@@H](C(C)C)C(=O)N(C)[C@@H](Cc2ccc(F)cc2)C(=O)N[C@@H](CC(=O)O)C(=O)N2CCC[C@@H]2C(=O)N[C@@H](Cc2c[nH]c3ccccc23)C(=O)N[C@@H](Cc2ccc(O)cc2)C(=O)N[C@@H](CC(C)C)C(=O)N[C@H](C(=O)NCC(N)=O)CSCC(=O)N[C@@H](Cc2ccc(F)cc2)C(=O)N(C)[C@@H](Cc2ccccc2)C(=O)N1C. The molecule has 3 aliphatic rings. The molecule has 3 fully saturated rings. The number of aromatic nitrogens is 1. The van der Waals surface area contributed by atoms with Crippen molar-refractivity contribution in [1.82, 2.24) is 77.3 Å². The quantitative estimate of drug-likeness (QED) is 0.0437. The van der Waals surface area contributed by atoms with Gasteiger partial charge in [0.15, 0.2) is 0 Å². The Labute approximate surface area is 760 Å². The van der Waals surface area contributed by atoms with Crippen molar-refractivity contribution in [3.63, 3.8) is 0 Å². The summed E-state index contributed by atoms with van der Waals surface area (Å²) in [4.78, 5) is 258. The summed E-state index contributed by atoms with van der Waals surface area (Å²) in [6.45, 7) is 7.23. The number of likely N-dealkylation sites (N-methyl/N-ethyl adjacent to an activating group) is 3. The van der Waals surface area contributed by atoms with Crippen LogP contribution >= 0.6 is 11.8 Å². The van der Waals surface area contributed by atoms with Crippen LogP contribution < -0.4 is 53.6 Å². The molecule has 9 rings (SSSR count). The lowest BCUT2D eigenvalue weighted by Crippen LogP contribution is -2.62. The number of H-pyrrole nitrogens is 1. The molecule has 131 heavy (non-hydrogen) atoms. The maximum atomic E-state index is 15.7. The average molecular weight is 1840 g/mol. The van der Waals surface area contributed by atoms with Crippen molar-refractivity contribution in [2.24, 2.45) is 17.6 Å². The average Bonchev–Trinajstić information content (AvgIpc) is 1.79. The van der Waals surface area contributed by atoms with Gasteiger partial charge in [0.2, 0.25) is 88.6 Å². The largest absolute Gasteiger partial charge is 0.508 e. The maximum Gasteiger partial charge on any atom is 0.305 e. The number of halogens is 2. The Bertz CT molecular complexity index is 5110. The van der Waals surface area contributed by atoms with Crippen molar-refractivity contribution in [2.75, 3.05) is 52.3 Å². The number of rotatable bonds is 23. The molecule has 3 aliphatic heterocycles. The van der Waals surface area contributed by atoms with Crippen molar-refractivity contribution in [1.29, 1.82) is 0 Å². The van der Waals surface area contributed by atoms with Gasteiger partial charge < -0.3 is 98.4 Å². The summed E-state index contributed by atoms with van der Waals surface area (Å²) in [6.07, 6.45) is -1.39. The highest BCUT2D eigenvalue weighted by Gasteiger charge is 2.47. The van der Waals surface area contributed by atoms with E-state index in [4.69, 9.17) is 5.73 Å². The zero-order chi connectivity index (χ0) is 95.6. The predicted molar refractivity (Wildman–Crippen MR) is 477 cm³/mol. The molecule has 13 atom stereocenters. The number of hydrogen-bond acceptors (Lipinski definition) is 19. The van der Waals surface area contributed by atoms with Gasteiger partial charge in [-0.25, -0.2) is 8.78 Å². The number of benzene rings is 5. The fraction of sp³-hybridized carbons (Fsp3) is 0.467. The first kappa shape index (κ1) is 101. The number of amides is 15. The molecular formula is C92H116F2N16O20S. The van der Waals surface area contributed by atoms with E-state index in [-0.39, 0.29) is 88.6 Å². The number of primary amides is 1. The third-order valence-corrected chi connectivity index (χ3v) is 24.4. The van der Waals surface area contributed by atoms with Gasteiger partial charge in [0, 0.05) is 89.2 Å². The molecule has 0 spiro atoms. The molecule has 15 N–H and O–H groups in total. The highest BCUT2D eigenvalue weighted by molar-refractivity contribution is 8.00. The number of phenolic OH excluding ortho intramolecular Hbond substituents is 1. The molecule has 15 amide bonds. The van der Waals surface area contributed by atoms with E-state index in [1.807, 2.05) is 6.92 Å². The number of para-hydroxylation sites is 1. The third kappa shape index (κ3) is 28.6. The summed E-state index contributed by atoms with van der Waals surface area (Å²) in [7, 11) is 3.81. The Kier molecular flexibility index (Phi) is 37.0. The number of hydrogen-bond donors (Lipinski definition) is 14. The first-order chi connectivity index (χ1) is 62.3. The number of unbranched alkanes of at least 4 members (excludes halogenated alkanes) is 1. The van der Waals surface area contributed by atoms with Crippen LogP contribution in [0.2, 0.25) is 0 Å². The standard InChI is InChI=1S/C92H116F2N16O20S/c1-9-10-22-72-91(129)110-38-17-24-71(110)86(124)102-66(45-77(114)115)84(122)105-79(52(4)5)92(130)107(7)73(42-56-27-33-59(94)34-28-56)87(125)103-68(46-78(116)117)89(127)109-37-16-23-70(109)85(123)101-65(44-57-47-96-62-21-15-14-20-61(57)62)83(121)100-64(40-55-29-35-60(111)36-30-55)82(120)99-63(39-51(2)3)81(119)104-69(80(118)97-48-75(95)112)49-131-50-76(113)98-67(41-54-25-31-58(93)32-26-54)88(126)108(8)74(90(128)106(72)6)43-53-18-12-11-13-19-53/h11-15,18-21,25-36,47,51-52,63-74,79,96,111H,9-10,16-17,22-24,37-46,48-50H2,1-8H3,(H2,95,112)(H,97,118)(H,98,113)(H,99,120)(H,100,121)(H,101,123)(H,102,124)(H,103,125)(H,104,119)(H,105,122)(H,114,115)(H,116,117)/t63-,64-,65-,66-,67-,68-,69-,70+,71+,72-,73-,74-,79-/m0/s1. The van der Waals surface area contributed by atoms with Gasteiger partial charge in [0.05, 0.1) is 25.1 Å². The number of fused-ring (bicyclic) bond motifs is 3. The number of aromatic amines is 1. The van der Waals surface area contributed by atoms with E-state index in [0.29, 0.717) is 46.0 Å². The van der Waals surface area contributed by atoms with Crippen molar-refractivity contribution >= 4 is 123 Å². The van der Waals surface area contributed by atoms with Gasteiger partial charge in [-0.15, -0.1) is 11.8 Å². The van der Waals surface area contributed by atoms with Crippen molar-refractivity contribution in [2.45, 2.75) is 209 Å². The number of nitrogens with one attached hydrogen (secondary N) is 10. The van der Waals surface area contributed by atoms with Gasteiger partial charge >= 0.3 is 11.9 Å². The second-order valence-corrected chi connectivity index (χ2v) is 35.0. The molecule has 39 heteroatoms. The summed E-state index contributed by atoms with van der Waals surface area (Å²) in [5.41, 5.74) is 7.99. The number of aromatic hydroxyl groups is 1. The molecule has 36 nitrogen and oxygen atoms in total. The Balaban J connectivity index is 1.12. The molecule has 5 aromatic carbocycles. The molecule has 4 heterocycles. The minimum Gasteiger partial charge on any atom is -0.508 e. The van der Waals surface area contributed by atoms with Crippen LogP contribution in [-0.4, -0.2) is 276 Å². The van der Waals surface area contributed by atoms with Crippen molar-refractivity contribution in [3.8, 4) is 5.75 Å². The minimum atomic E-state index is -2.01. The first-order valence-electron chi connectivity index (χ1n) is 43.6. The molecule has 3 saturated heterocycles. The summed E-state index contributed by atoms with van der Waals surface area (Å²) in [6, 6.07) is 9.57. The normalized spacial score (nSPS) is 23.7. The van der Waals surface area contributed by atoms with Crippen LogP contribution in [-0.2, 0) is 114 Å². The smallest absolute Gasteiger partial charge is 0.305 e. The second kappa shape index (κ2) is 47.8. The van der Waals surface area contributed by atoms with Gasteiger partial charge in [-0.05, 0) is 121 Å². The van der Waals surface area contributed by atoms with Crippen LogP contribution in [0.4, 0.5) is 8.78 Å². The molecule has 0 saturated carbocycles. The Morgan fingerprint density at radius 3 is 1.56 bits per heavy atom. The zero-order valence-electron chi connectivity index (χ0n) is 74.3. The molecule has 0 radical (unpaired) electrons. The van der Waals surface area contributed by atoms with Crippen molar-refractivity contribution in [3.05, 3.63) is 173 Å². The number of aliphatic carboxylic acids is 2. The topological polar surface area (TPSA) is 517 Å². The molecule has 0 bridgehead atoms. The fourth-order valence-electron chi connectivity index (χ4n) is 16.2. The summed E-state index contributed by atoms with van der Waals surface area (Å²) in [5, 5.41) is 55.3. The van der Waals surface area contributed by atoms with E-state index in [0.717, 1.165) is 62.7 Å². The number of carbonyl (C=O) groups is 17. The van der Waals surface area contributed by atoms with E-state index in [9.17, 15) is 62.5 Å². The monoisotopic (exact) mass is 1830 g/mol. The van der Waals surface area contributed by atoms with E-state index in [2.05, 4.69) is 52.8 Å². The van der Waals surface area contributed by atoms with Gasteiger partial charge in [-0.2, -0.15) is 0 Å². The van der Waals surface area contributed by atoms with Crippen LogP contribution in [0.25, 0.3) is 10.9 Å². The maximum absolute atomic E-state index is 15.7. The number of nitrogens with two attached hydrogens (primary N) is 1. The lowest BCUT2D eigenvalue weighted by Gasteiger charge is -2.38. The van der Waals surface area contributed by atoms with Crippen LogP contribution in [0.3, 0.4) is 0 Å². The van der Waals surface area contributed by atoms with Crippen molar-refractivity contribution < 1.29 is 106 Å². The van der Waals surface area contributed by atoms with E-state index in [1.165, 1.54) is 81.4 Å². The molecular weight excluding hydrogens is 1720 g/mol. The number of carboxylic acids is 2. The van der Waals surface area contributed by atoms with E-state index in [1.54, 1.807) is 74.6 Å². The van der Waals surface area contributed by atoms with Crippen LogP contribution in [0, 0.1) is 23.5 Å². The van der Waals surface area contributed by atoms with Gasteiger partial charge in [0.25, 0.3) is 0 Å². The number of carbonyl (C=O) groups excluding carboxylic acids is 15. The lowest BCUT2D eigenvalue weighted by molar-refractivity contribution is -0.152. The number of thioether (sulfide) groups is 1. The highest BCUT2D eigenvalue weighted by Crippen LogP contribution is 2.28. The summed E-state index contributed by atoms with van der Waals surface area (Å²) >= 11 is 0.772. The Morgan fingerprint density at radius 1 is 0.496 bits per heavy atom. The van der Waals surface area contributed by atoms with E-state index < -0.39 is 240 Å². The minimum absolute atomic E-state index is 0.000337. The van der Waals surface area contributed by atoms with E-state index >= 15 is 43.2 Å². The fourth-order valence-corrected chi connectivity index (χ4v) is 17.1. The Hall–Kier alpha value is -13.4. The van der Waals surface area contributed by atoms with Gasteiger partial charge in [-0.3, -0.25) is 81.5 Å². The number of phenols is 1. The molecule has 704 valence electrons. The Morgan fingerprint density at radius 2 is 0.977 bits per heavy atom. The van der Waals surface area contributed by atoms with Gasteiger partial charge in [0.1, 0.15) is 95.9 Å². The molecule has 6 aromatic rings. The third-order valence-electron chi connectivity index (χ3n) is 23.3. The summed E-state index contributed by atoms with van der Waals surface area (Å²) in [5.74, 6) is -21.7. The lowest BCUT2D eigenvalue weighted by atomic mass is 9.98. The molecule has 0 unspecified atom stereocenters. The van der Waals surface area contributed by atoms with Crippen LogP contribution in [0.1, 0.15) is 127 Å². The molecule has 0 aliphatic carbocycles. The number of nitrogens with zero attached hydrogens (tertiary/aromatic N) is 5. The van der Waals surface area contributed by atoms with Crippen LogP contribution in [0.5, 0.6) is 5.75 Å². The van der Waals surface area contributed by atoms with Crippen LogP contribution in [0.15, 0.2) is 134 Å².